The fraction of sp³-hybridized carbons (Fsp3) is 0.684. The van der Waals surface area contributed by atoms with E-state index in [2.05, 4.69) is 6.92 Å². The van der Waals surface area contributed by atoms with Gasteiger partial charge in [-0.3, -0.25) is 9.59 Å². The summed E-state index contributed by atoms with van der Waals surface area (Å²) in [5.74, 6) is 1.60. The Balaban J connectivity index is 1.57. The van der Waals surface area contributed by atoms with Crippen LogP contribution in [0.5, 0.6) is 0 Å². The van der Waals surface area contributed by atoms with Crippen LogP contribution in [0.1, 0.15) is 48.1 Å². The standard InChI is InChI=1S/C19H29N3O3/c1-4-20-9-11-21(12-10-20)18(23)7-8-22(16-5-6-16)19(24)17-13-14(2)25-15(17)3/h13,16H,4-12H2,1-3H3/p+1. The van der Waals surface area contributed by atoms with Gasteiger partial charge in [0.1, 0.15) is 11.5 Å². The van der Waals surface area contributed by atoms with Gasteiger partial charge in [-0.15, -0.1) is 0 Å². The maximum atomic E-state index is 12.9. The molecule has 1 aromatic rings. The predicted octanol–water partition coefficient (Wildman–Crippen LogP) is 0.638. The molecule has 2 aliphatic rings. The lowest BCUT2D eigenvalue weighted by molar-refractivity contribution is -0.902. The van der Waals surface area contributed by atoms with E-state index in [0.717, 1.165) is 51.3 Å². The zero-order valence-corrected chi connectivity index (χ0v) is 15.6. The van der Waals surface area contributed by atoms with E-state index >= 15 is 0 Å². The first-order valence-electron chi connectivity index (χ1n) is 9.49. The molecule has 0 unspecified atom stereocenters. The van der Waals surface area contributed by atoms with E-state index in [9.17, 15) is 9.59 Å². The second-order valence-corrected chi connectivity index (χ2v) is 7.29. The van der Waals surface area contributed by atoms with Gasteiger partial charge in [0.25, 0.3) is 5.91 Å². The molecule has 0 radical (unpaired) electrons. The zero-order valence-electron chi connectivity index (χ0n) is 15.6. The van der Waals surface area contributed by atoms with Crippen LogP contribution in [0.4, 0.5) is 0 Å². The van der Waals surface area contributed by atoms with Gasteiger partial charge in [0.05, 0.1) is 38.3 Å². The number of amides is 2. The van der Waals surface area contributed by atoms with Crippen molar-refractivity contribution < 1.29 is 18.9 Å². The Labute approximate surface area is 149 Å². The number of nitrogens with one attached hydrogen (secondary N) is 1. The third kappa shape index (κ3) is 4.24. The molecule has 6 nitrogen and oxygen atoms in total. The number of aryl methyl sites for hydroxylation is 2. The maximum absolute atomic E-state index is 12.9. The van der Waals surface area contributed by atoms with Gasteiger partial charge in [0.2, 0.25) is 5.91 Å². The highest BCUT2D eigenvalue weighted by atomic mass is 16.3. The molecule has 0 bridgehead atoms. The lowest BCUT2D eigenvalue weighted by Gasteiger charge is -2.32. The van der Waals surface area contributed by atoms with E-state index in [4.69, 9.17) is 4.42 Å². The van der Waals surface area contributed by atoms with Gasteiger partial charge in [-0.05, 0) is 39.7 Å². The summed E-state index contributed by atoms with van der Waals surface area (Å²) in [7, 11) is 0. The van der Waals surface area contributed by atoms with Gasteiger partial charge in [-0.25, -0.2) is 0 Å². The highest BCUT2D eigenvalue weighted by Gasteiger charge is 2.35. The Kier molecular flexibility index (Phi) is 5.47. The maximum Gasteiger partial charge on any atom is 0.257 e. The van der Waals surface area contributed by atoms with Crippen molar-refractivity contribution >= 4 is 11.8 Å². The van der Waals surface area contributed by atoms with Crippen molar-refractivity contribution in [2.75, 3.05) is 39.3 Å². The first kappa shape index (κ1) is 18.0. The minimum atomic E-state index is 0.00453. The second kappa shape index (κ2) is 7.60. The van der Waals surface area contributed by atoms with Crippen molar-refractivity contribution in [1.82, 2.24) is 9.80 Å². The molecular weight excluding hydrogens is 318 g/mol. The Bertz CT molecular complexity index is 628. The highest BCUT2D eigenvalue weighted by molar-refractivity contribution is 5.96. The van der Waals surface area contributed by atoms with Crippen molar-refractivity contribution in [2.45, 2.75) is 46.1 Å². The second-order valence-electron chi connectivity index (χ2n) is 7.29. The van der Waals surface area contributed by atoms with Crippen molar-refractivity contribution in [3.8, 4) is 0 Å². The number of likely N-dealkylation sites (N-methyl/N-ethyl adjacent to an activating group) is 1. The van der Waals surface area contributed by atoms with E-state index in [-0.39, 0.29) is 17.9 Å². The summed E-state index contributed by atoms with van der Waals surface area (Å²) in [6.07, 6.45) is 2.49. The lowest BCUT2D eigenvalue weighted by atomic mass is 10.2. The first-order valence-corrected chi connectivity index (χ1v) is 9.49. The molecule has 1 saturated heterocycles. The molecule has 1 aliphatic heterocycles. The summed E-state index contributed by atoms with van der Waals surface area (Å²) >= 11 is 0. The number of carbonyl (C=O) groups excluding carboxylic acids is 2. The number of hydrogen-bond acceptors (Lipinski definition) is 3. The lowest BCUT2D eigenvalue weighted by Crippen LogP contribution is -3.14. The zero-order chi connectivity index (χ0) is 18.0. The number of piperazine rings is 1. The molecule has 1 N–H and O–H groups in total. The van der Waals surface area contributed by atoms with E-state index in [1.807, 2.05) is 29.7 Å². The van der Waals surface area contributed by atoms with E-state index in [1.54, 1.807) is 4.90 Å². The summed E-state index contributed by atoms with van der Waals surface area (Å²) in [6.45, 7) is 11.2. The number of carbonyl (C=O) groups is 2. The molecule has 2 amide bonds. The van der Waals surface area contributed by atoms with Crippen LogP contribution in [0.15, 0.2) is 10.5 Å². The van der Waals surface area contributed by atoms with Crippen molar-refractivity contribution in [3.05, 3.63) is 23.2 Å². The fourth-order valence-electron chi connectivity index (χ4n) is 3.63. The van der Waals surface area contributed by atoms with Crippen LogP contribution in [0.3, 0.4) is 0 Å². The molecule has 138 valence electrons. The molecule has 2 fully saturated rings. The summed E-state index contributed by atoms with van der Waals surface area (Å²) < 4.78 is 5.50. The normalized spacial score (nSPS) is 18.4. The molecule has 0 aromatic carbocycles. The molecule has 2 heterocycles. The topological polar surface area (TPSA) is 58.2 Å². The molecule has 3 rings (SSSR count). The van der Waals surface area contributed by atoms with Gasteiger partial charge in [-0.1, -0.05) is 0 Å². The SMILES string of the molecule is CC[NH+]1CCN(C(=O)CCN(C(=O)c2cc(C)oc2C)C2CC2)CC1. The predicted molar refractivity (Wildman–Crippen MR) is 94.7 cm³/mol. The summed E-state index contributed by atoms with van der Waals surface area (Å²) in [4.78, 5) is 30.8. The third-order valence-electron chi connectivity index (χ3n) is 5.41. The first-order chi connectivity index (χ1) is 12.0. The van der Waals surface area contributed by atoms with Crippen LogP contribution < -0.4 is 4.90 Å². The smallest absolute Gasteiger partial charge is 0.257 e. The molecule has 6 heteroatoms. The molecule has 25 heavy (non-hydrogen) atoms. The van der Waals surface area contributed by atoms with Gasteiger partial charge < -0.3 is 19.1 Å². The van der Waals surface area contributed by atoms with Gasteiger partial charge in [0.15, 0.2) is 0 Å². The Morgan fingerprint density at radius 1 is 1.28 bits per heavy atom. The Morgan fingerprint density at radius 3 is 2.48 bits per heavy atom. The Hall–Kier alpha value is -1.82. The van der Waals surface area contributed by atoms with Gasteiger partial charge in [0, 0.05) is 19.0 Å². The number of hydrogen-bond donors (Lipinski definition) is 1. The van der Waals surface area contributed by atoms with Crippen LogP contribution in [0, 0.1) is 13.8 Å². The Morgan fingerprint density at radius 2 is 1.96 bits per heavy atom. The van der Waals surface area contributed by atoms with Crippen LogP contribution >= 0.6 is 0 Å². The van der Waals surface area contributed by atoms with Crippen LogP contribution in [0.2, 0.25) is 0 Å². The van der Waals surface area contributed by atoms with E-state index in [0.29, 0.717) is 24.3 Å². The van der Waals surface area contributed by atoms with Crippen LogP contribution in [0.25, 0.3) is 0 Å². The summed E-state index contributed by atoms with van der Waals surface area (Å²) in [5, 5.41) is 0. The number of nitrogens with zero attached hydrogens (tertiary/aromatic N) is 2. The molecular formula is C19H30N3O3+. The number of quaternary nitrogens is 1. The third-order valence-corrected chi connectivity index (χ3v) is 5.41. The van der Waals surface area contributed by atoms with Gasteiger partial charge in [-0.2, -0.15) is 0 Å². The largest absolute Gasteiger partial charge is 0.466 e. The van der Waals surface area contributed by atoms with Crippen LogP contribution in [-0.2, 0) is 4.79 Å². The highest BCUT2D eigenvalue weighted by Crippen LogP contribution is 2.29. The van der Waals surface area contributed by atoms with Crippen LogP contribution in [-0.4, -0.2) is 66.9 Å². The molecule has 0 atom stereocenters. The fourth-order valence-corrected chi connectivity index (χ4v) is 3.63. The van der Waals surface area contributed by atoms with Crippen molar-refractivity contribution in [2.24, 2.45) is 0 Å². The van der Waals surface area contributed by atoms with Crippen molar-refractivity contribution in [1.29, 1.82) is 0 Å². The monoisotopic (exact) mass is 348 g/mol. The van der Waals surface area contributed by atoms with Gasteiger partial charge >= 0.3 is 0 Å². The molecule has 1 aromatic heterocycles. The average molecular weight is 348 g/mol. The number of rotatable bonds is 6. The summed E-state index contributed by atoms with van der Waals surface area (Å²) in [5.41, 5.74) is 0.636. The van der Waals surface area contributed by atoms with Crippen molar-refractivity contribution in [3.63, 3.8) is 0 Å². The summed E-state index contributed by atoms with van der Waals surface area (Å²) in [6, 6.07) is 2.10. The number of furan rings is 1. The average Bonchev–Trinajstić information content (AvgIpc) is 3.38. The van der Waals surface area contributed by atoms with E-state index in [1.165, 1.54) is 0 Å². The molecule has 1 aliphatic carbocycles. The minimum Gasteiger partial charge on any atom is -0.466 e. The minimum absolute atomic E-state index is 0.00453. The quantitative estimate of drug-likeness (QED) is 0.821. The molecule has 1 saturated carbocycles. The molecule has 0 spiro atoms. The van der Waals surface area contributed by atoms with E-state index < -0.39 is 0 Å².